The molecule has 0 spiro atoms. The summed E-state index contributed by atoms with van der Waals surface area (Å²) in [5.74, 6) is 0. The number of non-ortho nitro benzene ring substituents is 1. The van der Waals surface area contributed by atoms with Crippen molar-refractivity contribution in [2.45, 2.75) is 19.5 Å². The second-order valence-corrected chi connectivity index (χ2v) is 5.50. The van der Waals surface area contributed by atoms with Crippen LogP contribution in [-0.4, -0.2) is 4.92 Å². The lowest BCUT2D eigenvalue weighted by atomic mass is 10.1. The lowest BCUT2D eigenvalue weighted by molar-refractivity contribution is -0.384. The molecule has 2 aromatic carbocycles. The SMILES string of the molecule is CC(NCc1cccc([N+](=O)[O-])c1)c1ccc(Br)cc1. The second-order valence-electron chi connectivity index (χ2n) is 4.58. The minimum Gasteiger partial charge on any atom is -0.306 e. The number of nitrogens with one attached hydrogen (secondary N) is 1. The first-order valence-corrected chi connectivity index (χ1v) is 7.08. The Balaban J connectivity index is 1.99. The van der Waals surface area contributed by atoms with Gasteiger partial charge in [0.05, 0.1) is 4.92 Å². The Labute approximate surface area is 126 Å². The molecule has 0 bridgehead atoms. The van der Waals surface area contributed by atoms with E-state index in [1.807, 2.05) is 18.2 Å². The van der Waals surface area contributed by atoms with Crippen LogP contribution in [0.4, 0.5) is 5.69 Å². The topological polar surface area (TPSA) is 55.2 Å². The Bertz CT molecular complexity index is 599. The molecule has 0 heterocycles. The van der Waals surface area contributed by atoms with Gasteiger partial charge in [0.1, 0.15) is 0 Å². The maximum absolute atomic E-state index is 10.7. The van der Waals surface area contributed by atoms with Gasteiger partial charge in [-0.05, 0) is 30.2 Å². The van der Waals surface area contributed by atoms with E-state index in [0.29, 0.717) is 6.54 Å². The third kappa shape index (κ3) is 3.88. The zero-order valence-electron chi connectivity index (χ0n) is 11.0. The molecule has 1 N–H and O–H groups in total. The van der Waals surface area contributed by atoms with E-state index in [0.717, 1.165) is 10.0 Å². The zero-order chi connectivity index (χ0) is 14.5. The average molecular weight is 335 g/mol. The van der Waals surface area contributed by atoms with Gasteiger partial charge in [0.2, 0.25) is 0 Å². The minimum absolute atomic E-state index is 0.126. The molecular formula is C15H15BrN2O2. The maximum atomic E-state index is 10.7. The first kappa shape index (κ1) is 14.7. The van der Waals surface area contributed by atoms with Gasteiger partial charge in [-0.25, -0.2) is 0 Å². The van der Waals surface area contributed by atoms with Crippen LogP contribution in [-0.2, 0) is 6.54 Å². The molecule has 0 aliphatic rings. The number of halogens is 1. The molecule has 0 aliphatic heterocycles. The van der Waals surface area contributed by atoms with Crippen LogP contribution in [0.1, 0.15) is 24.1 Å². The van der Waals surface area contributed by atoms with Gasteiger partial charge in [0.15, 0.2) is 0 Å². The Hall–Kier alpha value is -1.72. The van der Waals surface area contributed by atoms with Crippen molar-refractivity contribution in [3.63, 3.8) is 0 Å². The molecule has 0 saturated carbocycles. The fraction of sp³-hybridized carbons (Fsp3) is 0.200. The molecule has 0 saturated heterocycles. The summed E-state index contributed by atoms with van der Waals surface area (Å²) < 4.78 is 1.05. The largest absolute Gasteiger partial charge is 0.306 e. The van der Waals surface area contributed by atoms with Crippen molar-refractivity contribution < 1.29 is 4.92 Å². The van der Waals surface area contributed by atoms with E-state index in [2.05, 4.69) is 40.3 Å². The molecule has 1 unspecified atom stereocenters. The smallest absolute Gasteiger partial charge is 0.269 e. The molecule has 0 aromatic heterocycles. The third-order valence-corrected chi connectivity index (χ3v) is 3.63. The maximum Gasteiger partial charge on any atom is 0.269 e. The summed E-state index contributed by atoms with van der Waals surface area (Å²) in [6.07, 6.45) is 0. The minimum atomic E-state index is -0.373. The first-order chi connectivity index (χ1) is 9.56. The van der Waals surface area contributed by atoms with E-state index < -0.39 is 0 Å². The Morgan fingerprint density at radius 2 is 1.95 bits per heavy atom. The molecule has 1 atom stereocenters. The lowest BCUT2D eigenvalue weighted by Gasteiger charge is -2.14. The third-order valence-electron chi connectivity index (χ3n) is 3.10. The zero-order valence-corrected chi connectivity index (χ0v) is 12.6. The van der Waals surface area contributed by atoms with Gasteiger partial charge in [0, 0.05) is 29.2 Å². The summed E-state index contributed by atoms with van der Waals surface area (Å²) in [5.41, 5.74) is 2.21. The summed E-state index contributed by atoms with van der Waals surface area (Å²) in [7, 11) is 0. The highest BCUT2D eigenvalue weighted by Crippen LogP contribution is 2.18. The predicted octanol–water partition coefficient (Wildman–Crippen LogP) is 4.21. The molecule has 5 heteroatoms. The number of nitro benzene ring substituents is 1. The van der Waals surface area contributed by atoms with Crippen LogP contribution >= 0.6 is 15.9 Å². The lowest BCUT2D eigenvalue weighted by Crippen LogP contribution is -2.18. The Morgan fingerprint density at radius 3 is 2.60 bits per heavy atom. The highest BCUT2D eigenvalue weighted by molar-refractivity contribution is 9.10. The van der Waals surface area contributed by atoms with Crippen LogP contribution in [0.15, 0.2) is 53.0 Å². The van der Waals surface area contributed by atoms with E-state index in [9.17, 15) is 10.1 Å². The van der Waals surface area contributed by atoms with Crippen LogP contribution in [0.5, 0.6) is 0 Å². The Morgan fingerprint density at radius 1 is 1.25 bits per heavy atom. The molecule has 4 nitrogen and oxygen atoms in total. The van der Waals surface area contributed by atoms with Gasteiger partial charge < -0.3 is 5.32 Å². The van der Waals surface area contributed by atoms with Crippen molar-refractivity contribution in [2.75, 3.05) is 0 Å². The van der Waals surface area contributed by atoms with Crippen molar-refractivity contribution >= 4 is 21.6 Å². The molecule has 2 rings (SSSR count). The van der Waals surface area contributed by atoms with Crippen molar-refractivity contribution in [1.29, 1.82) is 0 Å². The molecule has 20 heavy (non-hydrogen) atoms. The van der Waals surface area contributed by atoms with Gasteiger partial charge in [-0.3, -0.25) is 10.1 Å². The number of hydrogen-bond donors (Lipinski definition) is 1. The van der Waals surface area contributed by atoms with Crippen molar-refractivity contribution in [2.24, 2.45) is 0 Å². The fourth-order valence-corrected chi connectivity index (χ4v) is 2.18. The van der Waals surface area contributed by atoms with E-state index >= 15 is 0 Å². The van der Waals surface area contributed by atoms with Gasteiger partial charge in [-0.2, -0.15) is 0 Å². The number of benzene rings is 2. The quantitative estimate of drug-likeness (QED) is 0.658. The number of nitro groups is 1. The summed E-state index contributed by atoms with van der Waals surface area (Å²) in [4.78, 5) is 10.4. The fourth-order valence-electron chi connectivity index (χ4n) is 1.92. The van der Waals surface area contributed by atoms with Gasteiger partial charge in [-0.15, -0.1) is 0 Å². The molecule has 104 valence electrons. The molecule has 0 aliphatic carbocycles. The van der Waals surface area contributed by atoms with Crippen LogP contribution in [0.2, 0.25) is 0 Å². The monoisotopic (exact) mass is 334 g/mol. The van der Waals surface area contributed by atoms with E-state index in [4.69, 9.17) is 0 Å². The Kier molecular flexibility index (Phi) is 4.87. The molecule has 0 fully saturated rings. The summed E-state index contributed by atoms with van der Waals surface area (Å²) in [5, 5.41) is 14.1. The van der Waals surface area contributed by atoms with Gasteiger partial charge in [0.25, 0.3) is 5.69 Å². The van der Waals surface area contributed by atoms with Gasteiger partial charge >= 0.3 is 0 Å². The normalized spacial score (nSPS) is 12.1. The first-order valence-electron chi connectivity index (χ1n) is 6.28. The summed E-state index contributed by atoms with van der Waals surface area (Å²) in [6.45, 7) is 2.67. The molecule has 0 radical (unpaired) electrons. The standard InChI is InChI=1S/C15H15BrN2O2/c1-11(13-5-7-14(16)8-6-13)17-10-12-3-2-4-15(9-12)18(19)20/h2-9,11,17H,10H2,1H3. The van der Waals surface area contributed by atoms with Crippen LogP contribution in [0.25, 0.3) is 0 Å². The molecule has 2 aromatic rings. The summed E-state index contributed by atoms with van der Waals surface area (Å²) >= 11 is 3.41. The second kappa shape index (κ2) is 6.63. The number of rotatable bonds is 5. The number of hydrogen-bond acceptors (Lipinski definition) is 3. The van der Waals surface area contributed by atoms with Gasteiger partial charge in [-0.1, -0.05) is 40.2 Å². The summed E-state index contributed by atoms with van der Waals surface area (Å²) in [6, 6.07) is 15.0. The molecular weight excluding hydrogens is 320 g/mol. The predicted molar refractivity (Wildman–Crippen MR) is 82.5 cm³/mol. The number of nitrogens with zero attached hydrogens (tertiary/aromatic N) is 1. The van der Waals surface area contributed by atoms with Crippen molar-refractivity contribution in [3.8, 4) is 0 Å². The van der Waals surface area contributed by atoms with E-state index in [1.165, 1.54) is 11.6 Å². The van der Waals surface area contributed by atoms with E-state index in [-0.39, 0.29) is 16.7 Å². The van der Waals surface area contributed by atoms with Crippen LogP contribution < -0.4 is 5.32 Å². The van der Waals surface area contributed by atoms with Crippen molar-refractivity contribution in [1.82, 2.24) is 5.32 Å². The highest BCUT2D eigenvalue weighted by Gasteiger charge is 2.08. The molecule has 0 amide bonds. The average Bonchev–Trinajstić information content (AvgIpc) is 2.46. The van der Waals surface area contributed by atoms with Crippen LogP contribution in [0.3, 0.4) is 0 Å². The van der Waals surface area contributed by atoms with E-state index in [1.54, 1.807) is 12.1 Å². The van der Waals surface area contributed by atoms with Crippen molar-refractivity contribution in [3.05, 3.63) is 74.2 Å². The highest BCUT2D eigenvalue weighted by atomic mass is 79.9. The van der Waals surface area contributed by atoms with Crippen LogP contribution in [0, 0.1) is 10.1 Å².